The van der Waals surface area contributed by atoms with Crippen molar-refractivity contribution in [2.24, 2.45) is 11.7 Å². The Kier molecular flexibility index (Phi) is 6.03. The van der Waals surface area contributed by atoms with Crippen molar-refractivity contribution in [3.8, 4) is 0 Å². The van der Waals surface area contributed by atoms with Crippen LogP contribution in [0.3, 0.4) is 0 Å². The van der Waals surface area contributed by atoms with Gasteiger partial charge in [0.2, 0.25) is 0 Å². The average Bonchev–Trinajstić information content (AvgIpc) is 2.39. The number of hydrogen-bond acceptors (Lipinski definition) is 2. The standard InChI is InChI=1S/C10H8.C6H13NO2/c1-2-6-10-8-4-3-7-9(10)5-1;1-4(2)3-5(7)6(8)9/h1-8H;4-5H,3,7H2,1-2H3,(H,8,9). The minimum Gasteiger partial charge on any atom is -0.480 e. The molecule has 0 radical (unpaired) electrons. The van der Waals surface area contributed by atoms with Gasteiger partial charge in [0.15, 0.2) is 0 Å². The molecule has 0 aliphatic heterocycles. The van der Waals surface area contributed by atoms with Gasteiger partial charge in [0.05, 0.1) is 0 Å². The second-order valence-corrected chi connectivity index (χ2v) is 4.92. The number of nitrogens with two attached hydrogens (primary N) is 1. The second-order valence-electron chi connectivity index (χ2n) is 4.92. The average molecular weight is 259 g/mol. The first kappa shape index (κ1) is 15.2. The van der Waals surface area contributed by atoms with Crippen molar-refractivity contribution in [3.63, 3.8) is 0 Å². The molecule has 3 nitrogen and oxygen atoms in total. The maximum Gasteiger partial charge on any atom is 0.320 e. The Morgan fingerprint density at radius 3 is 1.63 bits per heavy atom. The SMILES string of the molecule is CC(C)CC(N)C(=O)O.c1ccc2ccccc2c1. The molecule has 0 amide bonds. The highest BCUT2D eigenvalue weighted by atomic mass is 16.4. The van der Waals surface area contributed by atoms with Crippen molar-refractivity contribution in [2.45, 2.75) is 26.3 Å². The summed E-state index contributed by atoms with van der Waals surface area (Å²) in [7, 11) is 0. The highest BCUT2D eigenvalue weighted by Crippen LogP contribution is 2.11. The van der Waals surface area contributed by atoms with Crippen molar-refractivity contribution in [1.29, 1.82) is 0 Å². The van der Waals surface area contributed by atoms with Gasteiger partial charge in [0, 0.05) is 0 Å². The molecule has 0 aromatic heterocycles. The lowest BCUT2D eigenvalue weighted by molar-refractivity contribution is -0.138. The fourth-order valence-electron chi connectivity index (χ4n) is 1.74. The predicted octanol–water partition coefficient (Wildman–Crippen LogP) is 3.28. The summed E-state index contributed by atoms with van der Waals surface area (Å²) in [6.07, 6.45) is 0.551. The molecule has 2 aromatic carbocycles. The van der Waals surface area contributed by atoms with Gasteiger partial charge in [0.1, 0.15) is 6.04 Å². The molecule has 102 valence electrons. The zero-order chi connectivity index (χ0) is 14.3. The van der Waals surface area contributed by atoms with Crippen LogP contribution in [0.4, 0.5) is 0 Å². The van der Waals surface area contributed by atoms with Crippen LogP contribution in [0.25, 0.3) is 10.8 Å². The summed E-state index contributed by atoms with van der Waals surface area (Å²) in [4.78, 5) is 10.1. The van der Waals surface area contributed by atoms with Gasteiger partial charge in [-0.3, -0.25) is 4.79 Å². The molecule has 3 N–H and O–H groups in total. The molecule has 2 rings (SSSR count). The molecule has 0 heterocycles. The smallest absolute Gasteiger partial charge is 0.320 e. The first-order chi connectivity index (χ1) is 9.00. The van der Waals surface area contributed by atoms with E-state index in [0.717, 1.165) is 0 Å². The molecule has 0 bridgehead atoms. The summed E-state index contributed by atoms with van der Waals surface area (Å²) in [5.74, 6) is -0.556. The van der Waals surface area contributed by atoms with Crippen LogP contribution in [0.1, 0.15) is 20.3 Å². The van der Waals surface area contributed by atoms with Gasteiger partial charge in [0.25, 0.3) is 0 Å². The van der Waals surface area contributed by atoms with Crippen LogP contribution in [0.5, 0.6) is 0 Å². The summed E-state index contributed by atoms with van der Waals surface area (Å²) in [6.45, 7) is 3.89. The zero-order valence-electron chi connectivity index (χ0n) is 11.4. The number of carboxylic acid groups (broad SMARTS) is 1. The number of carbonyl (C=O) groups is 1. The first-order valence-corrected chi connectivity index (χ1v) is 6.43. The van der Waals surface area contributed by atoms with Crippen molar-refractivity contribution in [3.05, 3.63) is 48.5 Å². The molecule has 0 fully saturated rings. The lowest BCUT2D eigenvalue weighted by Crippen LogP contribution is -2.31. The predicted molar refractivity (Wildman–Crippen MR) is 79.0 cm³/mol. The lowest BCUT2D eigenvalue weighted by Gasteiger charge is -2.07. The largest absolute Gasteiger partial charge is 0.480 e. The van der Waals surface area contributed by atoms with Crippen LogP contribution in [-0.2, 0) is 4.79 Å². The Balaban J connectivity index is 0.000000192. The number of benzene rings is 2. The molecule has 19 heavy (non-hydrogen) atoms. The maximum atomic E-state index is 10.1. The molecule has 0 saturated carbocycles. The van der Waals surface area contributed by atoms with Crippen molar-refractivity contribution < 1.29 is 9.90 Å². The van der Waals surface area contributed by atoms with E-state index in [2.05, 4.69) is 48.5 Å². The molecule has 0 aliphatic rings. The van der Waals surface area contributed by atoms with Crippen LogP contribution in [0.15, 0.2) is 48.5 Å². The summed E-state index contributed by atoms with van der Waals surface area (Å²) < 4.78 is 0. The Bertz CT molecular complexity index is 457. The maximum absolute atomic E-state index is 10.1. The molecule has 0 saturated heterocycles. The number of aliphatic carboxylic acids is 1. The topological polar surface area (TPSA) is 63.3 Å². The van der Waals surface area contributed by atoms with Gasteiger partial charge in [-0.15, -0.1) is 0 Å². The highest BCUT2D eigenvalue weighted by molar-refractivity contribution is 5.82. The third-order valence-corrected chi connectivity index (χ3v) is 2.70. The van der Waals surface area contributed by atoms with E-state index < -0.39 is 12.0 Å². The number of carboxylic acids is 1. The highest BCUT2D eigenvalue weighted by Gasteiger charge is 2.11. The number of fused-ring (bicyclic) bond motifs is 1. The Hall–Kier alpha value is -1.87. The molecule has 2 aromatic rings. The Labute approximate surface area is 114 Å². The second kappa shape index (κ2) is 7.54. The molecule has 0 spiro atoms. The third-order valence-electron chi connectivity index (χ3n) is 2.70. The van der Waals surface area contributed by atoms with Crippen LogP contribution < -0.4 is 5.73 Å². The molecule has 3 heteroatoms. The Morgan fingerprint density at radius 1 is 1.05 bits per heavy atom. The number of hydrogen-bond donors (Lipinski definition) is 2. The molecular weight excluding hydrogens is 238 g/mol. The molecule has 1 unspecified atom stereocenters. The van der Waals surface area contributed by atoms with Crippen LogP contribution in [-0.4, -0.2) is 17.1 Å². The lowest BCUT2D eigenvalue weighted by atomic mass is 10.1. The fraction of sp³-hybridized carbons (Fsp3) is 0.312. The van der Waals surface area contributed by atoms with Crippen molar-refractivity contribution in [1.82, 2.24) is 0 Å². The van der Waals surface area contributed by atoms with Crippen molar-refractivity contribution >= 4 is 16.7 Å². The van der Waals surface area contributed by atoms with Gasteiger partial charge in [-0.1, -0.05) is 62.4 Å². The van der Waals surface area contributed by atoms with E-state index >= 15 is 0 Å². The van der Waals surface area contributed by atoms with Gasteiger partial charge in [-0.05, 0) is 23.1 Å². The summed E-state index contributed by atoms with van der Waals surface area (Å²) >= 11 is 0. The molecule has 0 aliphatic carbocycles. The summed E-state index contributed by atoms with van der Waals surface area (Å²) in [5, 5.41) is 10.9. The van der Waals surface area contributed by atoms with E-state index in [4.69, 9.17) is 10.8 Å². The fourth-order valence-corrected chi connectivity index (χ4v) is 1.74. The van der Waals surface area contributed by atoms with Gasteiger partial charge >= 0.3 is 5.97 Å². The monoisotopic (exact) mass is 259 g/mol. The van der Waals surface area contributed by atoms with Crippen LogP contribution in [0, 0.1) is 5.92 Å². The van der Waals surface area contributed by atoms with Crippen molar-refractivity contribution in [2.75, 3.05) is 0 Å². The van der Waals surface area contributed by atoms with Gasteiger partial charge in [-0.2, -0.15) is 0 Å². The minimum absolute atomic E-state index is 0.357. The van der Waals surface area contributed by atoms with E-state index in [1.807, 2.05) is 13.8 Å². The minimum atomic E-state index is -0.913. The third kappa shape index (κ3) is 5.53. The summed E-state index contributed by atoms with van der Waals surface area (Å²) in [6, 6.07) is 16.0. The normalized spacial score (nSPS) is 11.8. The van der Waals surface area contributed by atoms with Crippen LogP contribution >= 0.6 is 0 Å². The van der Waals surface area contributed by atoms with E-state index in [1.165, 1.54) is 10.8 Å². The van der Waals surface area contributed by atoms with E-state index in [-0.39, 0.29) is 0 Å². The van der Waals surface area contributed by atoms with E-state index in [0.29, 0.717) is 12.3 Å². The Morgan fingerprint density at radius 2 is 1.42 bits per heavy atom. The van der Waals surface area contributed by atoms with Crippen LogP contribution in [0.2, 0.25) is 0 Å². The zero-order valence-corrected chi connectivity index (χ0v) is 11.4. The molecular formula is C16H21NO2. The first-order valence-electron chi connectivity index (χ1n) is 6.43. The van der Waals surface area contributed by atoms with E-state index in [9.17, 15) is 4.79 Å². The molecule has 1 atom stereocenters. The summed E-state index contributed by atoms with van der Waals surface area (Å²) in [5.41, 5.74) is 5.22. The van der Waals surface area contributed by atoms with E-state index in [1.54, 1.807) is 0 Å². The quantitative estimate of drug-likeness (QED) is 0.889. The number of rotatable bonds is 3. The van der Waals surface area contributed by atoms with Gasteiger partial charge < -0.3 is 10.8 Å². The van der Waals surface area contributed by atoms with Gasteiger partial charge in [-0.25, -0.2) is 0 Å².